The first-order chi connectivity index (χ1) is 7.14. The van der Waals surface area contributed by atoms with Gasteiger partial charge in [0.1, 0.15) is 11.9 Å². The second-order valence-electron chi connectivity index (χ2n) is 4.69. The predicted molar refractivity (Wildman–Crippen MR) is 59.9 cm³/mol. The molecule has 1 heterocycles. The van der Waals surface area contributed by atoms with Crippen LogP contribution >= 0.6 is 0 Å². The van der Waals surface area contributed by atoms with Crippen LogP contribution in [0.3, 0.4) is 0 Å². The van der Waals surface area contributed by atoms with Crippen LogP contribution < -0.4 is 10.1 Å². The third kappa shape index (κ3) is 1.84. The summed E-state index contributed by atoms with van der Waals surface area (Å²) in [6, 6.07) is 4.41. The van der Waals surface area contributed by atoms with Crippen LogP contribution in [0.15, 0.2) is 24.5 Å². The van der Waals surface area contributed by atoms with Gasteiger partial charge in [-0.3, -0.25) is 4.98 Å². The Morgan fingerprint density at radius 2 is 2.33 bits per heavy atom. The van der Waals surface area contributed by atoms with Crippen LogP contribution in [0.4, 0.5) is 0 Å². The minimum absolute atomic E-state index is 0.199. The molecule has 0 amide bonds. The van der Waals surface area contributed by atoms with Crippen LogP contribution in [0.25, 0.3) is 0 Å². The SMILES string of the molecule is CNC1CC(Oc2cccnc2)C1(C)C. The van der Waals surface area contributed by atoms with Crippen molar-refractivity contribution in [3.8, 4) is 5.75 Å². The van der Waals surface area contributed by atoms with E-state index in [9.17, 15) is 0 Å². The van der Waals surface area contributed by atoms with Crippen molar-refractivity contribution < 1.29 is 4.74 Å². The molecule has 0 aromatic carbocycles. The van der Waals surface area contributed by atoms with E-state index in [-0.39, 0.29) is 5.41 Å². The quantitative estimate of drug-likeness (QED) is 0.819. The lowest BCUT2D eigenvalue weighted by atomic mass is 9.64. The highest BCUT2D eigenvalue weighted by molar-refractivity contribution is 5.18. The predicted octanol–water partition coefficient (Wildman–Crippen LogP) is 1.85. The zero-order valence-electron chi connectivity index (χ0n) is 9.53. The Bertz CT molecular complexity index is 324. The maximum Gasteiger partial charge on any atom is 0.138 e. The maximum atomic E-state index is 5.90. The molecule has 0 spiro atoms. The molecule has 1 aliphatic rings. The molecule has 0 bridgehead atoms. The van der Waals surface area contributed by atoms with E-state index in [0.29, 0.717) is 12.1 Å². The van der Waals surface area contributed by atoms with Gasteiger partial charge in [0.2, 0.25) is 0 Å². The van der Waals surface area contributed by atoms with Crippen molar-refractivity contribution in [3.63, 3.8) is 0 Å². The lowest BCUT2D eigenvalue weighted by molar-refractivity contribution is -0.0522. The third-order valence-electron chi connectivity index (χ3n) is 3.44. The van der Waals surface area contributed by atoms with Crippen LogP contribution in [-0.2, 0) is 0 Å². The summed E-state index contributed by atoms with van der Waals surface area (Å²) in [6.07, 6.45) is 4.88. The standard InChI is InChI=1S/C12H18N2O/c1-12(2)10(13-3)7-11(12)15-9-5-4-6-14-8-9/h4-6,8,10-11,13H,7H2,1-3H3. The second kappa shape index (κ2) is 3.81. The molecule has 1 saturated carbocycles. The van der Waals surface area contributed by atoms with E-state index < -0.39 is 0 Å². The topological polar surface area (TPSA) is 34.1 Å². The normalized spacial score (nSPS) is 28.2. The molecule has 0 radical (unpaired) electrons. The largest absolute Gasteiger partial charge is 0.488 e. The average molecular weight is 206 g/mol. The van der Waals surface area contributed by atoms with Crippen LogP contribution in [0.1, 0.15) is 20.3 Å². The van der Waals surface area contributed by atoms with Gasteiger partial charge in [-0.2, -0.15) is 0 Å². The Kier molecular flexibility index (Phi) is 2.65. The van der Waals surface area contributed by atoms with E-state index in [4.69, 9.17) is 4.74 Å². The number of aromatic nitrogens is 1. The number of hydrogen-bond donors (Lipinski definition) is 1. The molecule has 2 rings (SSSR count). The number of hydrogen-bond acceptors (Lipinski definition) is 3. The van der Waals surface area contributed by atoms with Gasteiger partial charge in [-0.25, -0.2) is 0 Å². The minimum atomic E-state index is 0.199. The Morgan fingerprint density at radius 1 is 1.53 bits per heavy atom. The highest BCUT2D eigenvalue weighted by atomic mass is 16.5. The summed E-state index contributed by atoms with van der Waals surface area (Å²) in [5.41, 5.74) is 0.199. The summed E-state index contributed by atoms with van der Waals surface area (Å²) in [5.74, 6) is 0.866. The monoisotopic (exact) mass is 206 g/mol. The fourth-order valence-electron chi connectivity index (χ4n) is 2.16. The molecular formula is C12H18N2O. The van der Waals surface area contributed by atoms with Crippen LogP contribution in [0.5, 0.6) is 5.75 Å². The van der Waals surface area contributed by atoms with Crippen molar-refractivity contribution in [2.75, 3.05) is 7.05 Å². The molecule has 82 valence electrons. The Hall–Kier alpha value is -1.09. The molecule has 15 heavy (non-hydrogen) atoms. The van der Waals surface area contributed by atoms with Gasteiger partial charge in [-0.1, -0.05) is 13.8 Å². The summed E-state index contributed by atoms with van der Waals surface area (Å²) in [4.78, 5) is 4.04. The lowest BCUT2D eigenvalue weighted by Crippen LogP contribution is -2.61. The molecule has 1 aliphatic carbocycles. The first-order valence-corrected chi connectivity index (χ1v) is 5.38. The zero-order valence-corrected chi connectivity index (χ0v) is 9.53. The van der Waals surface area contributed by atoms with Gasteiger partial charge in [0.05, 0.1) is 6.20 Å². The van der Waals surface area contributed by atoms with E-state index in [2.05, 4.69) is 24.1 Å². The molecule has 0 aliphatic heterocycles. The van der Waals surface area contributed by atoms with Crippen molar-refractivity contribution in [1.29, 1.82) is 0 Å². The van der Waals surface area contributed by atoms with E-state index in [1.54, 1.807) is 12.4 Å². The van der Waals surface area contributed by atoms with Crippen molar-refractivity contribution >= 4 is 0 Å². The fourth-order valence-corrected chi connectivity index (χ4v) is 2.16. The summed E-state index contributed by atoms with van der Waals surface area (Å²) in [5, 5.41) is 3.31. The van der Waals surface area contributed by atoms with E-state index in [1.165, 1.54) is 0 Å². The summed E-state index contributed by atoms with van der Waals surface area (Å²) >= 11 is 0. The minimum Gasteiger partial charge on any atom is -0.488 e. The van der Waals surface area contributed by atoms with E-state index >= 15 is 0 Å². The molecule has 1 aromatic rings. The number of nitrogens with zero attached hydrogens (tertiary/aromatic N) is 1. The van der Waals surface area contributed by atoms with Crippen LogP contribution in [0, 0.1) is 5.41 Å². The highest BCUT2D eigenvalue weighted by Crippen LogP contribution is 2.42. The molecule has 3 nitrogen and oxygen atoms in total. The van der Waals surface area contributed by atoms with Gasteiger partial charge in [0, 0.05) is 24.1 Å². The zero-order chi connectivity index (χ0) is 10.9. The maximum absolute atomic E-state index is 5.90. The van der Waals surface area contributed by atoms with Gasteiger partial charge in [0.25, 0.3) is 0 Å². The summed E-state index contributed by atoms with van der Waals surface area (Å²) < 4.78 is 5.90. The summed E-state index contributed by atoms with van der Waals surface area (Å²) in [6.45, 7) is 4.47. The van der Waals surface area contributed by atoms with Crippen molar-refractivity contribution in [2.45, 2.75) is 32.4 Å². The number of ether oxygens (including phenoxy) is 1. The average Bonchev–Trinajstić information content (AvgIpc) is 2.25. The van der Waals surface area contributed by atoms with Gasteiger partial charge in [0.15, 0.2) is 0 Å². The molecule has 1 fully saturated rings. The van der Waals surface area contributed by atoms with Crippen LogP contribution in [0.2, 0.25) is 0 Å². The number of pyridine rings is 1. The van der Waals surface area contributed by atoms with E-state index in [1.807, 2.05) is 19.2 Å². The second-order valence-corrected chi connectivity index (χ2v) is 4.69. The lowest BCUT2D eigenvalue weighted by Gasteiger charge is -2.51. The number of rotatable bonds is 3. The third-order valence-corrected chi connectivity index (χ3v) is 3.44. The summed E-state index contributed by atoms with van der Waals surface area (Å²) in [7, 11) is 2.01. The van der Waals surface area contributed by atoms with E-state index in [0.717, 1.165) is 12.2 Å². The molecule has 3 heteroatoms. The Labute approximate surface area is 90.9 Å². The molecule has 1 N–H and O–H groups in total. The first-order valence-electron chi connectivity index (χ1n) is 5.38. The van der Waals surface area contributed by atoms with Crippen molar-refractivity contribution in [1.82, 2.24) is 10.3 Å². The van der Waals surface area contributed by atoms with Crippen molar-refractivity contribution in [2.24, 2.45) is 5.41 Å². The van der Waals surface area contributed by atoms with Crippen molar-refractivity contribution in [3.05, 3.63) is 24.5 Å². The van der Waals surface area contributed by atoms with Gasteiger partial charge >= 0.3 is 0 Å². The van der Waals surface area contributed by atoms with Gasteiger partial charge in [-0.15, -0.1) is 0 Å². The highest BCUT2D eigenvalue weighted by Gasteiger charge is 2.49. The number of nitrogens with one attached hydrogen (secondary N) is 1. The molecule has 2 atom stereocenters. The Morgan fingerprint density at radius 3 is 2.87 bits per heavy atom. The van der Waals surface area contributed by atoms with Crippen LogP contribution in [-0.4, -0.2) is 24.2 Å². The van der Waals surface area contributed by atoms with Gasteiger partial charge < -0.3 is 10.1 Å². The Balaban J connectivity index is 1.99. The fraction of sp³-hybridized carbons (Fsp3) is 0.583. The molecule has 0 saturated heterocycles. The molecular weight excluding hydrogens is 188 g/mol. The smallest absolute Gasteiger partial charge is 0.138 e. The first kappa shape index (κ1) is 10.4. The molecule has 1 aromatic heterocycles. The molecule has 2 unspecified atom stereocenters. The van der Waals surface area contributed by atoms with Gasteiger partial charge in [-0.05, 0) is 19.2 Å².